The van der Waals surface area contributed by atoms with Crippen molar-refractivity contribution in [2.45, 2.75) is 52.8 Å². The number of hydrogen-bond donors (Lipinski definition) is 3. The van der Waals surface area contributed by atoms with Crippen LogP contribution in [0.25, 0.3) is 12.4 Å². The number of rotatable bonds is 6. The fourth-order valence-corrected chi connectivity index (χ4v) is 2.70. The van der Waals surface area contributed by atoms with E-state index in [-0.39, 0.29) is 0 Å². The van der Waals surface area contributed by atoms with E-state index in [9.17, 15) is 4.79 Å². The minimum absolute atomic E-state index is 0.359. The molecule has 29 heavy (non-hydrogen) atoms. The third-order valence-electron chi connectivity index (χ3n) is 4.13. The van der Waals surface area contributed by atoms with Crippen LogP contribution in [0.15, 0.2) is 41.5 Å². The predicted molar refractivity (Wildman–Crippen MR) is 117 cm³/mol. The van der Waals surface area contributed by atoms with Gasteiger partial charge in [0, 0.05) is 25.7 Å². The van der Waals surface area contributed by atoms with Gasteiger partial charge >= 0.3 is 6.09 Å². The number of carbonyl (C=O) groups excluding carboxylic acids is 1. The van der Waals surface area contributed by atoms with E-state index in [0.717, 1.165) is 21.7 Å². The van der Waals surface area contributed by atoms with E-state index in [2.05, 4.69) is 16.9 Å². The molecule has 156 valence electrons. The van der Waals surface area contributed by atoms with Gasteiger partial charge in [-0.2, -0.15) is 0 Å². The topological polar surface area (TPSA) is 108 Å². The molecule has 0 aliphatic heterocycles. The molecule has 7 heteroatoms. The summed E-state index contributed by atoms with van der Waals surface area (Å²) in [6.45, 7) is 12.5. The van der Waals surface area contributed by atoms with E-state index in [1.54, 1.807) is 0 Å². The largest absolute Gasteiger partial charge is 0.444 e. The molecule has 1 aromatic carbocycles. The van der Waals surface area contributed by atoms with Crippen molar-refractivity contribution >= 4 is 24.3 Å². The number of amides is 1. The number of benzene rings is 1. The van der Waals surface area contributed by atoms with Gasteiger partial charge in [-0.3, -0.25) is 0 Å². The van der Waals surface area contributed by atoms with E-state index in [4.69, 9.17) is 16.2 Å². The van der Waals surface area contributed by atoms with Gasteiger partial charge in [0.1, 0.15) is 17.3 Å². The van der Waals surface area contributed by atoms with Crippen LogP contribution in [-0.4, -0.2) is 22.1 Å². The summed E-state index contributed by atoms with van der Waals surface area (Å²) in [6, 6.07) is 9.87. The molecule has 1 aromatic heterocycles. The molecule has 0 aliphatic carbocycles. The Morgan fingerprint density at radius 3 is 2.38 bits per heavy atom. The molecule has 0 aliphatic rings. The molecule has 0 radical (unpaired) electrons. The Hall–Kier alpha value is -3.22. The van der Waals surface area contributed by atoms with Crippen molar-refractivity contribution in [2.24, 2.45) is 16.5 Å². The van der Waals surface area contributed by atoms with Crippen LogP contribution in [0.1, 0.15) is 45.2 Å². The molecule has 1 heterocycles. The number of nitrogens with two attached hydrogens (primary N) is 2. The first-order valence-electron chi connectivity index (χ1n) is 9.60. The van der Waals surface area contributed by atoms with Gasteiger partial charge in [-0.1, -0.05) is 37.8 Å². The quantitative estimate of drug-likeness (QED) is 0.510. The SMILES string of the molecule is C=c1ccn(Cc2ccc(CNC(=O)OC(C)(C)C)cc2)/c1=C(N)/N=C(/N)CC. The van der Waals surface area contributed by atoms with Crippen molar-refractivity contribution in [1.29, 1.82) is 0 Å². The van der Waals surface area contributed by atoms with Crippen molar-refractivity contribution in [1.82, 2.24) is 9.88 Å². The number of amidine groups is 1. The van der Waals surface area contributed by atoms with Crippen LogP contribution in [-0.2, 0) is 17.8 Å². The molecule has 0 fully saturated rings. The second kappa shape index (κ2) is 9.32. The number of carbonyl (C=O) groups is 1. The Labute approximate surface area is 171 Å². The first-order chi connectivity index (χ1) is 13.6. The Morgan fingerprint density at radius 1 is 1.17 bits per heavy atom. The van der Waals surface area contributed by atoms with Gasteiger partial charge in [-0.15, -0.1) is 0 Å². The number of alkyl carbamates (subject to hydrolysis) is 1. The van der Waals surface area contributed by atoms with E-state index in [0.29, 0.717) is 31.2 Å². The van der Waals surface area contributed by atoms with Crippen LogP contribution in [0, 0.1) is 0 Å². The predicted octanol–water partition coefficient (Wildman–Crippen LogP) is 1.76. The molecule has 0 saturated heterocycles. The minimum atomic E-state index is -0.514. The lowest BCUT2D eigenvalue weighted by molar-refractivity contribution is 0.0523. The lowest BCUT2D eigenvalue weighted by Crippen LogP contribution is -2.33. The van der Waals surface area contributed by atoms with Crippen LogP contribution >= 0.6 is 0 Å². The summed E-state index contributed by atoms with van der Waals surface area (Å²) >= 11 is 0. The van der Waals surface area contributed by atoms with Crippen molar-refractivity contribution in [3.63, 3.8) is 0 Å². The molecule has 1 amide bonds. The molecule has 7 nitrogen and oxygen atoms in total. The molecule has 0 bridgehead atoms. The van der Waals surface area contributed by atoms with Gasteiger partial charge in [0.05, 0.1) is 5.35 Å². The van der Waals surface area contributed by atoms with Crippen LogP contribution in [0.5, 0.6) is 0 Å². The Bertz CT molecular complexity index is 982. The fourth-order valence-electron chi connectivity index (χ4n) is 2.70. The van der Waals surface area contributed by atoms with Crippen molar-refractivity contribution < 1.29 is 9.53 Å². The average Bonchev–Trinajstić information content (AvgIpc) is 2.99. The molecule has 2 rings (SSSR count). The third-order valence-corrected chi connectivity index (χ3v) is 4.13. The molecule has 0 unspecified atom stereocenters. The highest BCUT2D eigenvalue weighted by atomic mass is 16.6. The van der Waals surface area contributed by atoms with E-state index in [1.807, 2.05) is 68.8 Å². The van der Waals surface area contributed by atoms with Crippen LogP contribution in [0.3, 0.4) is 0 Å². The first-order valence-corrected chi connectivity index (χ1v) is 9.60. The van der Waals surface area contributed by atoms with E-state index in [1.165, 1.54) is 0 Å². The summed E-state index contributed by atoms with van der Waals surface area (Å²) in [6.07, 6.45) is 2.13. The number of aromatic nitrogens is 1. The zero-order valence-corrected chi connectivity index (χ0v) is 17.7. The second-order valence-electron chi connectivity index (χ2n) is 7.83. The van der Waals surface area contributed by atoms with Gasteiger partial charge in [0.2, 0.25) is 0 Å². The fraction of sp³-hybridized carbons (Fsp3) is 0.364. The standard InChI is InChI=1S/C22H31N5O2/c1-6-18(23)26-20(24)19-15(2)11-12-27(19)14-17-9-7-16(8-10-17)13-25-21(28)29-22(3,4)5/h7-12H,2,6,13-14,24H2,1,3-5H3,(H2,23,26)(H,25,28)/b20-19+. The molecule has 0 saturated carbocycles. The van der Waals surface area contributed by atoms with E-state index < -0.39 is 11.7 Å². The number of ether oxygens (including phenoxy) is 1. The minimum Gasteiger partial charge on any atom is -0.444 e. The molecule has 0 spiro atoms. The van der Waals surface area contributed by atoms with Crippen molar-refractivity contribution in [3.8, 4) is 0 Å². The normalized spacial score (nSPS) is 13.2. The highest BCUT2D eigenvalue weighted by molar-refractivity contribution is 5.83. The molecule has 2 aromatic rings. The average molecular weight is 398 g/mol. The van der Waals surface area contributed by atoms with E-state index >= 15 is 0 Å². The maximum absolute atomic E-state index is 11.8. The summed E-state index contributed by atoms with van der Waals surface area (Å²) in [5.41, 5.74) is 13.5. The zero-order chi connectivity index (χ0) is 21.6. The van der Waals surface area contributed by atoms with Gasteiger partial charge in [0.25, 0.3) is 0 Å². The van der Waals surface area contributed by atoms with Gasteiger partial charge < -0.3 is 26.1 Å². The summed E-state index contributed by atoms with van der Waals surface area (Å²) in [4.78, 5) is 16.0. The Kier molecular flexibility index (Phi) is 7.09. The van der Waals surface area contributed by atoms with Crippen molar-refractivity contribution in [3.05, 3.63) is 58.2 Å². The Balaban J connectivity index is 2.11. The summed E-state index contributed by atoms with van der Waals surface area (Å²) in [5, 5.41) is 4.32. The monoisotopic (exact) mass is 397 g/mol. The van der Waals surface area contributed by atoms with Gasteiger partial charge in [0.15, 0.2) is 0 Å². The molecule has 5 N–H and O–H groups in total. The number of nitrogens with one attached hydrogen (secondary N) is 1. The lowest BCUT2D eigenvalue weighted by Gasteiger charge is -2.19. The van der Waals surface area contributed by atoms with Gasteiger partial charge in [-0.05, 0) is 43.2 Å². The summed E-state index contributed by atoms with van der Waals surface area (Å²) < 4.78 is 7.24. The van der Waals surface area contributed by atoms with Crippen LogP contribution in [0.4, 0.5) is 4.79 Å². The van der Waals surface area contributed by atoms with Gasteiger partial charge in [-0.25, -0.2) is 9.79 Å². The number of aliphatic imine (C=N–C) groups is 1. The second-order valence-corrected chi connectivity index (χ2v) is 7.83. The zero-order valence-electron chi connectivity index (χ0n) is 17.7. The smallest absolute Gasteiger partial charge is 0.407 e. The van der Waals surface area contributed by atoms with Crippen LogP contribution < -0.4 is 27.4 Å². The molecule has 0 atom stereocenters. The van der Waals surface area contributed by atoms with Crippen LogP contribution in [0.2, 0.25) is 0 Å². The first kappa shape index (κ1) is 22.1. The highest BCUT2D eigenvalue weighted by Crippen LogP contribution is 2.08. The summed E-state index contributed by atoms with van der Waals surface area (Å²) in [5.74, 6) is 0.842. The number of nitrogens with zero attached hydrogens (tertiary/aromatic N) is 2. The maximum atomic E-state index is 11.8. The number of hydrogen-bond acceptors (Lipinski definition) is 4. The third kappa shape index (κ3) is 6.71. The molecular weight excluding hydrogens is 366 g/mol. The van der Waals surface area contributed by atoms with Crippen molar-refractivity contribution in [2.75, 3.05) is 0 Å². The molecular formula is C22H31N5O2. The maximum Gasteiger partial charge on any atom is 0.407 e. The Morgan fingerprint density at radius 2 is 1.79 bits per heavy atom. The highest BCUT2D eigenvalue weighted by Gasteiger charge is 2.15. The summed E-state index contributed by atoms with van der Waals surface area (Å²) in [7, 11) is 0. The lowest BCUT2D eigenvalue weighted by atomic mass is 10.1.